The first kappa shape index (κ1) is 20.9. The molecular weight excluding hydrogens is 354 g/mol. The molecule has 2 aliphatic heterocycles. The van der Waals surface area contributed by atoms with Gasteiger partial charge < -0.3 is 25.0 Å². The molecule has 3 heterocycles. The molecule has 0 atom stereocenters. The topological polar surface area (TPSA) is 71.0 Å². The number of piperidine rings is 1. The van der Waals surface area contributed by atoms with Gasteiger partial charge in [0.05, 0.1) is 12.1 Å². The molecular formula is C21H35N5O2. The molecule has 0 aliphatic carbocycles. The van der Waals surface area contributed by atoms with Crippen molar-refractivity contribution in [3.63, 3.8) is 0 Å². The molecule has 1 aromatic rings. The lowest BCUT2D eigenvalue weighted by Crippen LogP contribution is -2.50. The summed E-state index contributed by atoms with van der Waals surface area (Å²) in [5.41, 5.74) is 1.01. The van der Waals surface area contributed by atoms with Crippen LogP contribution in [0.25, 0.3) is 0 Å². The Balaban J connectivity index is 1.53. The van der Waals surface area contributed by atoms with E-state index in [1.807, 2.05) is 6.20 Å². The van der Waals surface area contributed by atoms with Crippen molar-refractivity contribution in [2.75, 3.05) is 51.4 Å². The highest BCUT2D eigenvalue weighted by atomic mass is 16.5. The summed E-state index contributed by atoms with van der Waals surface area (Å²) in [6.45, 7) is 9.19. The molecule has 0 amide bonds. The van der Waals surface area contributed by atoms with Crippen LogP contribution in [0.15, 0.2) is 23.3 Å². The first-order valence-electron chi connectivity index (χ1n) is 10.5. The first-order valence-corrected chi connectivity index (χ1v) is 10.5. The molecule has 2 aliphatic rings. The Morgan fingerprint density at radius 2 is 2.07 bits per heavy atom. The van der Waals surface area contributed by atoms with Crippen LogP contribution >= 0.6 is 0 Å². The zero-order valence-electron chi connectivity index (χ0n) is 17.5. The van der Waals surface area contributed by atoms with Crippen LogP contribution in [0.4, 0.5) is 5.82 Å². The average molecular weight is 390 g/mol. The van der Waals surface area contributed by atoms with Crippen molar-refractivity contribution in [1.82, 2.24) is 15.6 Å². The zero-order chi connectivity index (χ0) is 19.8. The molecule has 0 unspecified atom stereocenters. The number of anilines is 1. The third-order valence-corrected chi connectivity index (χ3v) is 5.76. The van der Waals surface area contributed by atoms with E-state index in [2.05, 4.69) is 46.5 Å². The molecule has 0 radical (unpaired) electrons. The molecule has 156 valence electrons. The lowest BCUT2D eigenvalue weighted by molar-refractivity contribution is -0.0828. The summed E-state index contributed by atoms with van der Waals surface area (Å²) in [5.74, 6) is 1.96. The predicted octanol–water partition coefficient (Wildman–Crippen LogP) is 2.11. The fraction of sp³-hybridized carbons (Fsp3) is 0.714. The highest BCUT2D eigenvalue weighted by molar-refractivity contribution is 5.80. The Hall–Kier alpha value is -1.86. The average Bonchev–Trinajstić information content (AvgIpc) is 2.74. The molecule has 2 fully saturated rings. The molecule has 0 spiro atoms. The van der Waals surface area contributed by atoms with Crippen LogP contribution in [-0.2, 0) is 9.47 Å². The molecule has 3 rings (SSSR count). The van der Waals surface area contributed by atoms with Crippen molar-refractivity contribution in [2.24, 2.45) is 4.99 Å². The Bertz CT molecular complexity index is 620. The number of nitrogens with one attached hydrogen (secondary N) is 2. The third kappa shape index (κ3) is 5.58. The fourth-order valence-corrected chi connectivity index (χ4v) is 3.81. The Morgan fingerprint density at radius 3 is 2.68 bits per heavy atom. The van der Waals surface area contributed by atoms with Crippen LogP contribution in [0.5, 0.6) is 0 Å². The summed E-state index contributed by atoms with van der Waals surface area (Å²) < 4.78 is 11.3. The molecule has 2 N–H and O–H groups in total. The van der Waals surface area contributed by atoms with E-state index in [0.717, 1.165) is 70.3 Å². The van der Waals surface area contributed by atoms with Crippen molar-refractivity contribution in [1.29, 1.82) is 0 Å². The summed E-state index contributed by atoms with van der Waals surface area (Å²) >= 11 is 0. The van der Waals surface area contributed by atoms with Crippen molar-refractivity contribution in [3.8, 4) is 0 Å². The molecule has 2 saturated heterocycles. The number of hydrogen-bond acceptors (Lipinski definition) is 5. The smallest absolute Gasteiger partial charge is 0.191 e. The quantitative estimate of drug-likeness (QED) is 0.574. The molecule has 0 aromatic carbocycles. The predicted molar refractivity (Wildman–Crippen MR) is 113 cm³/mol. The number of aryl methyl sites for hydroxylation is 1. The Labute approximate surface area is 168 Å². The van der Waals surface area contributed by atoms with Gasteiger partial charge in [-0.2, -0.15) is 0 Å². The van der Waals surface area contributed by atoms with Gasteiger partial charge in [0, 0.05) is 65.0 Å². The van der Waals surface area contributed by atoms with Crippen LogP contribution < -0.4 is 15.5 Å². The van der Waals surface area contributed by atoms with Gasteiger partial charge in [-0.05, 0) is 38.3 Å². The van der Waals surface area contributed by atoms with Gasteiger partial charge in [0.1, 0.15) is 5.82 Å². The maximum atomic E-state index is 5.81. The van der Waals surface area contributed by atoms with Crippen LogP contribution in [0, 0.1) is 6.92 Å². The Morgan fingerprint density at radius 1 is 1.32 bits per heavy atom. The van der Waals surface area contributed by atoms with E-state index in [0.29, 0.717) is 12.6 Å². The second kappa shape index (κ2) is 10.1. The number of rotatable bonds is 6. The first-order chi connectivity index (χ1) is 13.6. The number of ether oxygens (including phenoxy) is 2. The zero-order valence-corrected chi connectivity index (χ0v) is 17.5. The molecule has 0 bridgehead atoms. The van der Waals surface area contributed by atoms with Crippen molar-refractivity contribution in [2.45, 2.75) is 51.2 Å². The van der Waals surface area contributed by atoms with Crippen LogP contribution in [0.1, 0.15) is 38.2 Å². The number of nitrogens with zero attached hydrogens (tertiary/aromatic N) is 3. The number of aliphatic imine (C=N–C) groups is 1. The molecule has 0 saturated carbocycles. The minimum Gasteiger partial charge on any atom is -0.381 e. The van der Waals surface area contributed by atoms with Crippen molar-refractivity contribution < 1.29 is 9.47 Å². The summed E-state index contributed by atoms with van der Waals surface area (Å²) in [6, 6.07) is 4.67. The maximum Gasteiger partial charge on any atom is 0.191 e. The van der Waals surface area contributed by atoms with Crippen LogP contribution in [-0.4, -0.2) is 69.1 Å². The highest BCUT2D eigenvalue weighted by Crippen LogP contribution is 2.25. The highest BCUT2D eigenvalue weighted by Gasteiger charge is 2.32. The monoisotopic (exact) mass is 389 g/mol. The molecule has 1 aromatic heterocycles. The minimum atomic E-state index is -0.193. The SMILES string of the molecule is CCNC(=NCC1(OC)CCOCC1)NC1CCN(c2ccc(C)cn2)CC1. The summed E-state index contributed by atoms with van der Waals surface area (Å²) in [5, 5.41) is 7.01. The van der Waals surface area contributed by atoms with E-state index in [-0.39, 0.29) is 5.60 Å². The van der Waals surface area contributed by atoms with E-state index < -0.39 is 0 Å². The van der Waals surface area contributed by atoms with Gasteiger partial charge in [-0.3, -0.25) is 4.99 Å². The van der Waals surface area contributed by atoms with Gasteiger partial charge in [-0.25, -0.2) is 4.98 Å². The largest absolute Gasteiger partial charge is 0.381 e. The van der Waals surface area contributed by atoms with Crippen molar-refractivity contribution in [3.05, 3.63) is 23.9 Å². The maximum absolute atomic E-state index is 5.81. The summed E-state index contributed by atoms with van der Waals surface area (Å²) in [4.78, 5) is 11.8. The number of pyridine rings is 1. The van der Waals surface area contributed by atoms with E-state index >= 15 is 0 Å². The van der Waals surface area contributed by atoms with Gasteiger partial charge in [0.15, 0.2) is 5.96 Å². The standard InChI is InChI=1S/C21H35N5O2/c1-4-22-20(24-16-21(27-3)9-13-28-14-10-21)25-18-7-11-26(12-8-18)19-6-5-17(2)15-23-19/h5-6,15,18H,4,7-14,16H2,1-3H3,(H2,22,24,25). The third-order valence-electron chi connectivity index (χ3n) is 5.76. The number of guanidine groups is 1. The summed E-state index contributed by atoms with van der Waals surface area (Å²) in [6.07, 6.45) is 5.88. The van der Waals surface area contributed by atoms with E-state index in [9.17, 15) is 0 Å². The molecule has 7 heteroatoms. The van der Waals surface area contributed by atoms with E-state index in [4.69, 9.17) is 14.5 Å². The molecule has 28 heavy (non-hydrogen) atoms. The van der Waals surface area contributed by atoms with Crippen molar-refractivity contribution >= 4 is 11.8 Å². The van der Waals surface area contributed by atoms with Gasteiger partial charge in [0.25, 0.3) is 0 Å². The van der Waals surface area contributed by atoms with Gasteiger partial charge in [-0.1, -0.05) is 6.07 Å². The van der Waals surface area contributed by atoms with Crippen LogP contribution in [0.2, 0.25) is 0 Å². The van der Waals surface area contributed by atoms with Gasteiger partial charge in [-0.15, -0.1) is 0 Å². The lowest BCUT2D eigenvalue weighted by Gasteiger charge is -2.35. The summed E-state index contributed by atoms with van der Waals surface area (Å²) in [7, 11) is 1.79. The number of hydrogen-bond donors (Lipinski definition) is 2. The lowest BCUT2D eigenvalue weighted by atomic mass is 9.94. The number of methoxy groups -OCH3 is 1. The normalized spacial score (nSPS) is 20.8. The minimum absolute atomic E-state index is 0.193. The molecule has 7 nitrogen and oxygen atoms in total. The van der Waals surface area contributed by atoms with E-state index in [1.165, 1.54) is 5.56 Å². The second-order valence-electron chi connectivity index (χ2n) is 7.79. The number of aromatic nitrogens is 1. The fourth-order valence-electron chi connectivity index (χ4n) is 3.81. The van der Waals surface area contributed by atoms with E-state index in [1.54, 1.807) is 7.11 Å². The second-order valence-corrected chi connectivity index (χ2v) is 7.79. The van der Waals surface area contributed by atoms with Gasteiger partial charge in [0.2, 0.25) is 0 Å². The van der Waals surface area contributed by atoms with Crippen LogP contribution in [0.3, 0.4) is 0 Å². The van der Waals surface area contributed by atoms with Gasteiger partial charge >= 0.3 is 0 Å². The Kier molecular flexibility index (Phi) is 7.50.